The van der Waals surface area contributed by atoms with Gasteiger partial charge in [-0.15, -0.1) is 0 Å². The molecule has 0 amide bonds. The molecular weight excluding hydrogens is 158 g/mol. The van der Waals surface area contributed by atoms with Gasteiger partial charge in [0.05, 0.1) is 0 Å². The summed E-state index contributed by atoms with van der Waals surface area (Å²) in [5, 5.41) is 3.56. The molecule has 1 saturated heterocycles. The van der Waals surface area contributed by atoms with Crippen LogP contribution in [0.1, 0.15) is 30.5 Å². The third kappa shape index (κ3) is 1.75. The number of nitrogens with one attached hydrogen (secondary N) is 1. The lowest BCUT2D eigenvalue weighted by Crippen LogP contribution is -2.14. The summed E-state index contributed by atoms with van der Waals surface area (Å²) >= 11 is 0. The van der Waals surface area contributed by atoms with Gasteiger partial charge in [0.25, 0.3) is 0 Å². The predicted molar refractivity (Wildman–Crippen MR) is 55.7 cm³/mol. The van der Waals surface area contributed by atoms with E-state index in [1.165, 1.54) is 24.1 Å². The average Bonchev–Trinajstić information content (AvgIpc) is 2.53. The summed E-state index contributed by atoms with van der Waals surface area (Å²) in [6.45, 7) is 5.67. The molecule has 13 heavy (non-hydrogen) atoms. The van der Waals surface area contributed by atoms with Gasteiger partial charge in [-0.3, -0.25) is 0 Å². The minimum absolute atomic E-state index is 0.594. The summed E-state index contributed by atoms with van der Waals surface area (Å²) in [6, 6.07) is 9.27. The third-order valence-electron chi connectivity index (χ3n) is 2.91. The van der Waals surface area contributed by atoms with Gasteiger partial charge >= 0.3 is 0 Å². The van der Waals surface area contributed by atoms with E-state index in [9.17, 15) is 0 Å². The lowest BCUT2D eigenvalue weighted by molar-refractivity contribution is 0.609. The monoisotopic (exact) mass is 175 g/mol. The predicted octanol–water partition coefficient (Wildman–Crippen LogP) is 2.67. The van der Waals surface area contributed by atoms with E-state index in [-0.39, 0.29) is 0 Å². The third-order valence-corrected chi connectivity index (χ3v) is 2.91. The van der Waals surface area contributed by atoms with Crippen molar-refractivity contribution in [3.8, 4) is 0 Å². The van der Waals surface area contributed by atoms with Gasteiger partial charge in [0.15, 0.2) is 0 Å². The molecule has 1 N–H and O–H groups in total. The van der Waals surface area contributed by atoms with Crippen molar-refractivity contribution in [2.75, 3.05) is 6.54 Å². The van der Waals surface area contributed by atoms with Gasteiger partial charge in [-0.05, 0) is 36.9 Å². The molecule has 0 spiro atoms. The van der Waals surface area contributed by atoms with Crippen LogP contribution in [0.25, 0.3) is 0 Å². The molecular formula is C12H17N. The fraction of sp³-hybridized carbons (Fsp3) is 0.500. The van der Waals surface area contributed by atoms with Crippen LogP contribution in [-0.2, 0) is 0 Å². The summed E-state index contributed by atoms with van der Waals surface area (Å²) in [6.07, 6.45) is 1.28. The van der Waals surface area contributed by atoms with E-state index in [1.807, 2.05) is 0 Å². The van der Waals surface area contributed by atoms with E-state index in [1.54, 1.807) is 0 Å². The molecule has 0 saturated carbocycles. The Morgan fingerprint density at radius 2 is 2.08 bits per heavy atom. The second-order valence-electron chi connectivity index (χ2n) is 4.16. The normalized spacial score (nSPS) is 27.8. The number of hydrogen-bond acceptors (Lipinski definition) is 1. The molecule has 0 aliphatic carbocycles. The van der Waals surface area contributed by atoms with Crippen molar-refractivity contribution < 1.29 is 0 Å². The van der Waals surface area contributed by atoms with E-state index in [4.69, 9.17) is 0 Å². The maximum absolute atomic E-state index is 3.56. The maximum atomic E-state index is 3.56. The van der Waals surface area contributed by atoms with Crippen molar-refractivity contribution in [2.45, 2.75) is 26.3 Å². The first-order chi connectivity index (χ1) is 6.27. The van der Waals surface area contributed by atoms with Gasteiger partial charge in [0, 0.05) is 6.04 Å². The lowest BCUT2D eigenvalue weighted by atomic mass is 9.98. The Balaban J connectivity index is 2.21. The van der Waals surface area contributed by atoms with Crippen molar-refractivity contribution in [1.82, 2.24) is 5.32 Å². The van der Waals surface area contributed by atoms with Crippen molar-refractivity contribution in [2.24, 2.45) is 5.92 Å². The standard InChI is InChI=1S/C12H17N/c1-9-7-12(13-8-9)11-6-4-3-5-10(11)2/h3-6,9,12-13H,7-8H2,1-2H3/t9-,12-/m1/s1. The molecule has 1 fully saturated rings. The Bertz CT molecular complexity index is 293. The molecule has 2 atom stereocenters. The molecule has 0 bridgehead atoms. The first-order valence-corrected chi connectivity index (χ1v) is 5.06. The fourth-order valence-corrected chi connectivity index (χ4v) is 2.13. The van der Waals surface area contributed by atoms with Crippen LogP contribution in [0, 0.1) is 12.8 Å². The first kappa shape index (κ1) is 8.76. The van der Waals surface area contributed by atoms with Gasteiger partial charge in [0.1, 0.15) is 0 Å². The summed E-state index contributed by atoms with van der Waals surface area (Å²) in [7, 11) is 0. The van der Waals surface area contributed by atoms with Gasteiger partial charge in [0.2, 0.25) is 0 Å². The molecule has 1 aliphatic rings. The minimum Gasteiger partial charge on any atom is -0.310 e. The van der Waals surface area contributed by atoms with Crippen LogP contribution >= 0.6 is 0 Å². The molecule has 1 aromatic carbocycles. The summed E-state index contributed by atoms with van der Waals surface area (Å²) in [4.78, 5) is 0. The van der Waals surface area contributed by atoms with Gasteiger partial charge in [-0.25, -0.2) is 0 Å². The lowest BCUT2D eigenvalue weighted by Gasteiger charge is -2.13. The summed E-state index contributed by atoms with van der Waals surface area (Å²) in [5.41, 5.74) is 2.89. The zero-order chi connectivity index (χ0) is 9.26. The molecule has 0 unspecified atom stereocenters. The Morgan fingerprint density at radius 1 is 1.31 bits per heavy atom. The topological polar surface area (TPSA) is 12.0 Å². The Morgan fingerprint density at radius 3 is 2.69 bits per heavy atom. The second kappa shape index (κ2) is 3.51. The van der Waals surface area contributed by atoms with Crippen LogP contribution in [0.2, 0.25) is 0 Å². The molecule has 2 rings (SSSR count). The van der Waals surface area contributed by atoms with Crippen molar-refractivity contribution >= 4 is 0 Å². The zero-order valence-electron chi connectivity index (χ0n) is 8.38. The highest BCUT2D eigenvalue weighted by Crippen LogP contribution is 2.28. The van der Waals surface area contributed by atoms with Gasteiger partial charge < -0.3 is 5.32 Å². The highest BCUT2D eigenvalue weighted by molar-refractivity contribution is 5.29. The minimum atomic E-state index is 0.594. The molecule has 1 heteroatoms. The number of aryl methyl sites for hydroxylation is 1. The molecule has 0 radical (unpaired) electrons. The highest BCUT2D eigenvalue weighted by atomic mass is 14.9. The summed E-state index contributed by atoms with van der Waals surface area (Å²) < 4.78 is 0. The first-order valence-electron chi connectivity index (χ1n) is 5.06. The van der Waals surface area contributed by atoms with Crippen molar-refractivity contribution in [3.05, 3.63) is 35.4 Å². The highest BCUT2D eigenvalue weighted by Gasteiger charge is 2.22. The quantitative estimate of drug-likeness (QED) is 0.692. The number of benzene rings is 1. The fourth-order valence-electron chi connectivity index (χ4n) is 2.13. The molecule has 70 valence electrons. The smallest absolute Gasteiger partial charge is 0.0325 e. The van der Waals surface area contributed by atoms with E-state index < -0.39 is 0 Å². The Kier molecular flexibility index (Phi) is 2.36. The van der Waals surface area contributed by atoms with E-state index in [0.29, 0.717) is 6.04 Å². The number of rotatable bonds is 1. The van der Waals surface area contributed by atoms with Crippen LogP contribution in [0.15, 0.2) is 24.3 Å². The van der Waals surface area contributed by atoms with Gasteiger partial charge in [-0.2, -0.15) is 0 Å². The molecule has 0 aromatic heterocycles. The zero-order valence-corrected chi connectivity index (χ0v) is 8.38. The summed E-state index contributed by atoms with van der Waals surface area (Å²) in [5.74, 6) is 0.824. The average molecular weight is 175 g/mol. The van der Waals surface area contributed by atoms with E-state index >= 15 is 0 Å². The largest absolute Gasteiger partial charge is 0.310 e. The van der Waals surface area contributed by atoms with Crippen LogP contribution in [0.5, 0.6) is 0 Å². The Labute approximate surface area is 80.2 Å². The maximum Gasteiger partial charge on any atom is 0.0325 e. The van der Waals surface area contributed by atoms with E-state index in [0.717, 1.165) is 5.92 Å². The van der Waals surface area contributed by atoms with Crippen LogP contribution in [-0.4, -0.2) is 6.54 Å². The molecule has 1 nitrogen and oxygen atoms in total. The van der Waals surface area contributed by atoms with Crippen molar-refractivity contribution in [1.29, 1.82) is 0 Å². The SMILES string of the molecule is Cc1ccccc1[C@H]1C[C@@H](C)CN1. The second-order valence-corrected chi connectivity index (χ2v) is 4.16. The van der Waals surface area contributed by atoms with E-state index in [2.05, 4.69) is 43.4 Å². The Hall–Kier alpha value is -0.820. The van der Waals surface area contributed by atoms with Crippen LogP contribution in [0.4, 0.5) is 0 Å². The molecule has 1 aliphatic heterocycles. The van der Waals surface area contributed by atoms with Crippen molar-refractivity contribution in [3.63, 3.8) is 0 Å². The van der Waals surface area contributed by atoms with Gasteiger partial charge in [-0.1, -0.05) is 31.2 Å². The van der Waals surface area contributed by atoms with Crippen LogP contribution in [0.3, 0.4) is 0 Å². The number of hydrogen-bond donors (Lipinski definition) is 1. The molecule has 1 heterocycles. The van der Waals surface area contributed by atoms with Crippen LogP contribution < -0.4 is 5.32 Å². The molecule has 1 aromatic rings.